The molecule has 1 saturated heterocycles. The van der Waals surface area contributed by atoms with Gasteiger partial charge in [0.25, 0.3) is 0 Å². The molecule has 4 heteroatoms. The zero-order chi connectivity index (χ0) is 11.4. The summed E-state index contributed by atoms with van der Waals surface area (Å²) >= 11 is 0. The van der Waals surface area contributed by atoms with Crippen molar-refractivity contribution in [1.29, 1.82) is 0 Å². The molecule has 1 N–H and O–H groups in total. The Morgan fingerprint density at radius 2 is 2.20 bits per heavy atom. The van der Waals surface area contributed by atoms with E-state index in [-0.39, 0.29) is 17.7 Å². The molecule has 82 valence electrons. The van der Waals surface area contributed by atoms with Gasteiger partial charge in [0.15, 0.2) is 0 Å². The molecule has 1 unspecified atom stereocenters. The largest absolute Gasteiger partial charge is 0.481 e. The minimum absolute atomic E-state index is 0.0294. The Kier molecular flexibility index (Phi) is 3.73. The molecule has 1 fully saturated rings. The third-order valence-corrected chi connectivity index (χ3v) is 2.84. The SMILES string of the molecule is C#CCCC(=O)N1CC(C(C)C(=O)O)C1. The lowest BCUT2D eigenvalue weighted by molar-refractivity contribution is -0.150. The Labute approximate surface area is 89.3 Å². The van der Waals surface area contributed by atoms with Crippen LogP contribution in [0.1, 0.15) is 19.8 Å². The normalized spacial score (nSPS) is 17.7. The summed E-state index contributed by atoms with van der Waals surface area (Å²) < 4.78 is 0. The van der Waals surface area contributed by atoms with Gasteiger partial charge < -0.3 is 10.0 Å². The van der Waals surface area contributed by atoms with Gasteiger partial charge >= 0.3 is 5.97 Å². The zero-order valence-corrected chi connectivity index (χ0v) is 8.77. The highest BCUT2D eigenvalue weighted by Crippen LogP contribution is 2.24. The Balaban J connectivity index is 2.28. The summed E-state index contributed by atoms with van der Waals surface area (Å²) in [5.74, 6) is 1.37. The van der Waals surface area contributed by atoms with Crippen molar-refractivity contribution in [2.75, 3.05) is 13.1 Å². The molecule has 0 bridgehead atoms. The van der Waals surface area contributed by atoms with Crippen LogP contribution in [-0.2, 0) is 9.59 Å². The lowest BCUT2D eigenvalue weighted by atomic mass is 9.87. The topological polar surface area (TPSA) is 57.6 Å². The Morgan fingerprint density at radius 3 is 2.67 bits per heavy atom. The first-order chi connectivity index (χ1) is 7.06. The van der Waals surface area contributed by atoms with Crippen molar-refractivity contribution in [3.8, 4) is 12.3 Å². The molecule has 1 heterocycles. The van der Waals surface area contributed by atoms with Gasteiger partial charge in [0.2, 0.25) is 5.91 Å². The van der Waals surface area contributed by atoms with E-state index < -0.39 is 5.97 Å². The first kappa shape index (κ1) is 11.6. The zero-order valence-electron chi connectivity index (χ0n) is 8.77. The number of amides is 1. The second-order valence-corrected chi connectivity index (χ2v) is 3.89. The summed E-state index contributed by atoms with van der Waals surface area (Å²) in [5.41, 5.74) is 0. The van der Waals surface area contributed by atoms with Crippen molar-refractivity contribution in [3.63, 3.8) is 0 Å². The Morgan fingerprint density at radius 1 is 1.60 bits per heavy atom. The average molecular weight is 209 g/mol. The number of carbonyl (C=O) groups is 2. The van der Waals surface area contributed by atoms with Crippen molar-refractivity contribution >= 4 is 11.9 Å². The molecule has 0 aromatic heterocycles. The molecule has 0 radical (unpaired) electrons. The van der Waals surface area contributed by atoms with E-state index in [1.54, 1.807) is 11.8 Å². The molecule has 4 nitrogen and oxygen atoms in total. The number of likely N-dealkylation sites (tertiary alicyclic amines) is 1. The molecular weight excluding hydrogens is 194 g/mol. The average Bonchev–Trinajstić information content (AvgIpc) is 2.11. The van der Waals surface area contributed by atoms with Gasteiger partial charge in [0, 0.05) is 31.8 Å². The second kappa shape index (κ2) is 4.83. The van der Waals surface area contributed by atoms with Crippen LogP contribution in [0, 0.1) is 24.2 Å². The van der Waals surface area contributed by atoms with Gasteiger partial charge in [-0.05, 0) is 0 Å². The molecule has 0 aromatic rings. The summed E-state index contributed by atoms with van der Waals surface area (Å²) in [4.78, 5) is 23.7. The molecule has 0 aliphatic carbocycles. The van der Waals surface area contributed by atoms with Gasteiger partial charge in [-0.25, -0.2) is 0 Å². The smallest absolute Gasteiger partial charge is 0.306 e. The molecule has 1 atom stereocenters. The number of carboxylic acids is 1. The maximum atomic E-state index is 11.4. The summed E-state index contributed by atoms with van der Waals surface area (Å²) in [6.07, 6.45) is 5.87. The summed E-state index contributed by atoms with van der Waals surface area (Å²) in [6.45, 7) is 2.78. The van der Waals surface area contributed by atoms with Crippen molar-refractivity contribution in [1.82, 2.24) is 4.90 Å². The predicted molar refractivity (Wildman–Crippen MR) is 54.9 cm³/mol. The minimum Gasteiger partial charge on any atom is -0.481 e. The van der Waals surface area contributed by atoms with E-state index in [1.807, 2.05) is 0 Å². The van der Waals surface area contributed by atoms with Crippen LogP contribution in [0.25, 0.3) is 0 Å². The van der Waals surface area contributed by atoms with Crippen molar-refractivity contribution < 1.29 is 14.7 Å². The molecule has 1 amide bonds. The van der Waals surface area contributed by atoms with E-state index in [4.69, 9.17) is 11.5 Å². The first-order valence-corrected chi connectivity index (χ1v) is 5.00. The van der Waals surface area contributed by atoms with Gasteiger partial charge in [-0.1, -0.05) is 6.92 Å². The number of hydrogen-bond donors (Lipinski definition) is 1. The molecule has 0 spiro atoms. The molecule has 1 aliphatic rings. The van der Waals surface area contributed by atoms with E-state index >= 15 is 0 Å². The predicted octanol–water partition coefficient (Wildman–Crippen LogP) is 0.579. The number of hydrogen-bond acceptors (Lipinski definition) is 2. The molecule has 0 saturated carbocycles. The van der Waals surface area contributed by atoms with Crippen LogP contribution in [0.15, 0.2) is 0 Å². The molecule has 1 aliphatic heterocycles. The van der Waals surface area contributed by atoms with E-state index in [0.717, 1.165) is 0 Å². The van der Waals surface area contributed by atoms with Crippen LogP contribution in [0.5, 0.6) is 0 Å². The summed E-state index contributed by atoms with van der Waals surface area (Å²) in [6, 6.07) is 0. The number of terminal acetylenes is 1. The molecule has 15 heavy (non-hydrogen) atoms. The number of rotatable bonds is 4. The number of aliphatic carboxylic acids is 1. The Hall–Kier alpha value is -1.50. The van der Waals surface area contributed by atoms with Gasteiger partial charge in [0.1, 0.15) is 0 Å². The molecule has 1 rings (SSSR count). The summed E-state index contributed by atoms with van der Waals surface area (Å²) in [7, 11) is 0. The fourth-order valence-electron chi connectivity index (χ4n) is 1.57. The van der Waals surface area contributed by atoms with Crippen LogP contribution in [0.4, 0.5) is 0 Å². The van der Waals surface area contributed by atoms with Crippen LogP contribution in [-0.4, -0.2) is 35.0 Å². The van der Waals surface area contributed by atoms with Crippen LogP contribution >= 0.6 is 0 Å². The standard InChI is InChI=1S/C11H15NO3/c1-3-4-5-10(13)12-6-9(7-12)8(2)11(14)15/h1,8-9H,4-7H2,2H3,(H,14,15). The molecule has 0 aromatic carbocycles. The fraction of sp³-hybridized carbons (Fsp3) is 0.636. The van der Waals surface area contributed by atoms with E-state index in [9.17, 15) is 9.59 Å². The lowest BCUT2D eigenvalue weighted by Crippen LogP contribution is -2.53. The van der Waals surface area contributed by atoms with Gasteiger partial charge in [0.05, 0.1) is 5.92 Å². The maximum absolute atomic E-state index is 11.4. The second-order valence-electron chi connectivity index (χ2n) is 3.89. The van der Waals surface area contributed by atoms with E-state index in [2.05, 4.69) is 5.92 Å². The Bertz CT molecular complexity index is 299. The highest BCUT2D eigenvalue weighted by Gasteiger charge is 2.36. The lowest BCUT2D eigenvalue weighted by Gasteiger charge is -2.41. The highest BCUT2D eigenvalue weighted by atomic mass is 16.4. The van der Waals surface area contributed by atoms with Crippen LogP contribution < -0.4 is 0 Å². The number of carbonyl (C=O) groups excluding carboxylic acids is 1. The van der Waals surface area contributed by atoms with Crippen LogP contribution in [0.2, 0.25) is 0 Å². The maximum Gasteiger partial charge on any atom is 0.306 e. The van der Waals surface area contributed by atoms with E-state index in [0.29, 0.717) is 25.9 Å². The van der Waals surface area contributed by atoms with Crippen LogP contribution in [0.3, 0.4) is 0 Å². The number of nitrogens with zero attached hydrogens (tertiary/aromatic N) is 1. The number of carboxylic acid groups (broad SMARTS) is 1. The van der Waals surface area contributed by atoms with Crippen molar-refractivity contribution in [2.45, 2.75) is 19.8 Å². The third kappa shape index (κ3) is 2.72. The fourth-order valence-corrected chi connectivity index (χ4v) is 1.57. The van der Waals surface area contributed by atoms with Crippen molar-refractivity contribution in [3.05, 3.63) is 0 Å². The minimum atomic E-state index is -0.796. The molecular formula is C11H15NO3. The summed E-state index contributed by atoms with van der Waals surface area (Å²) in [5, 5.41) is 8.75. The highest BCUT2D eigenvalue weighted by molar-refractivity contribution is 5.78. The first-order valence-electron chi connectivity index (χ1n) is 5.00. The van der Waals surface area contributed by atoms with Gasteiger partial charge in [-0.2, -0.15) is 0 Å². The van der Waals surface area contributed by atoms with Gasteiger partial charge in [-0.3, -0.25) is 9.59 Å². The van der Waals surface area contributed by atoms with E-state index in [1.165, 1.54) is 0 Å². The van der Waals surface area contributed by atoms with Crippen molar-refractivity contribution in [2.24, 2.45) is 11.8 Å². The third-order valence-electron chi connectivity index (χ3n) is 2.84. The van der Waals surface area contributed by atoms with Gasteiger partial charge in [-0.15, -0.1) is 12.3 Å². The monoisotopic (exact) mass is 209 g/mol. The quantitative estimate of drug-likeness (QED) is 0.689.